The predicted octanol–water partition coefficient (Wildman–Crippen LogP) is 4.37. The van der Waals surface area contributed by atoms with E-state index in [1.165, 1.54) is 33.3 Å². The first-order valence-electron chi connectivity index (χ1n) is 11.6. The van der Waals surface area contributed by atoms with E-state index in [-0.39, 0.29) is 27.8 Å². The van der Waals surface area contributed by atoms with Crippen LogP contribution in [0.1, 0.15) is 26.5 Å². The average molecular weight is 577 g/mol. The standard InChI is InChI=1S/C25H28N4O6S3/c1-17-16-20-19(12-13-26-23(20)29(17)38(34,35)18-8-6-5-7-9-18)21-10-11-22(36-21)37(32,33)27-14-15-28(24(30)31)25(2,3)4/h5-13,16,27H,14-15H2,1-4H3,(H,30,31). The third-order valence-electron chi connectivity index (χ3n) is 5.90. The summed E-state index contributed by atoms with van der Waals surface area (Å²) in [6.07, 6.45) is 0.362. The molecule has 1 aromatic carbocycles. The van der Waals surface area contributed by atoms with Gasteiger partial charge in [-0.25, -0.2) is 35.3 Å². The van der Waals surface area contributed by atoms with E-state index >= 15 is 0 Å². The molecule has 0 spiro atoms. The number of thiophene rings is 1. The molecule has 13 heteroatoms. The second-order valence-electron chi connectivity index (χ2n) is 9.59. The van der Waals surface area contributed by atoms with Gasteiger partial charge in [0.15, 0.2) is 5.65 Å². The highest BCUT2D eigenvalue weighted by atomic mass is 32.2. The average Bonchev–Trinajstić information content (AvgIpc) is 3.46. The van der Waals surface area contributed by atoms with Crippen molar-refractivity contribution in [1.29, 1.82) is 0 Å². The van der Waals surface area contributed by atoms with E-state index in [0.29, 0.717) is 21.5 Å². The lowest BCUT2D eigenvalue weighted by Crippen LogP contribution is -2.48. The number of aryl methyl sites for hydroxylation is 1. The summed E-state index contributed by atoms with van der Waals surface area (Å²) >= 11 is 1.03. The van der Waals surface area contributed by atoms with Crippen LogP contribution < -0.4 is 4.72 Å². The highest BCUT2D eigenvalue weighted by Gasteiger charge is 2.27. The first kappa shape index (κ1) is 27.8. The predicted molar refractivity (Wildman–Crippen MR) is 146 cm³/mol. The lowest BCUT2D eigenvalue weighted by molar-refractivity contribution is 0.102. The fraction of sp³-hybridized carbons (Fsp3) is 0.280. The van der Waals surface area contributed by atoms with Crippen LogP contribution in [0.3, 0.4) is 0 Å². The van der Waals surface area contributed by atoms with Crippen molar-refractivity contribution in [1.82, 2.24) is 18.6 Å². The summed E-state index contributed by atoms with van der Waals surface area (Å²) in [6.45, 7) is 6.78. The fourth-order valence-corrected chi connectivity index (χ4v) is 8.04. The number of hydrogen-bond acceptors (Lipinski definition) is 7. The van der Waals surface area contributed by atoms with Crippen molar-refractivity contribution in [3.63, 3.8) is 0 Å². The number of amides is 1. The Morgan fingerprint density at radius 3 is 2.39 bits per heavy atom. The van der Waals surface area contributed by atoms with Gasteiger partial charge in [-0.05, 0) is 64.1 Å². The lowest BCUT2D eigenvalue weighted by Gasteiger charge is -2.33. The molecular weight excluding hydrogens is 548 g/mol. The van der Waals surface area contributed by atoms with Crippen molar-refractivity contribution in [2.75, 3.05) is 13.1 Å². The smallest absolute Gasteiger partial charge is 0.407 e. The first-order valence-corrected chi connectivity index (χ1v) is 15.4. The third kappa shape index (κ3) is 5.32. The van der Waals surface area contributed by atoms with Gasteiger partial charge in [0.1, 0.15) is 4.21 Å². The second-order valence-corrected chi connectivity index (χ2v) is 14.4. The third-order valence-corrected chi connectivity index (χ3v) is 10.8. The molecule has 0 saturated carbocycles. The highest BCUT2D eigenvalue weighted by molar-refractivity contribution is 7.91. The molecule has 0 saturated heterocycles. The maximum Gasteiger partial charge on any atom is 0.407 e. The molecule has 3 aromatic heterocycles. The number of hydrogen-bond donors (Lipinski definition) is 2. The number of carboxylic acid groups (broad SMARTS) is 1. The zero-order chi connectivity index (χ0) is 27.9. The minimum atomic E-state index is -3.90. The summed E-state index contributed by atoms with van der Waals surface area (Å²) in [5.74, 6) is 0. The van der Waals surface area contributed by atoms with Crippen molar-refractivity contribution in [2.45, 2.75) is 42.3 Å². The van der Waals surface area contributed by atoms with Crippen LogP contribution in [0.15, 0.2) is 69.9 Å². The van der Waals surface area contributed by atoms with Crippen molar-refractivity contribution in [3.8, 4) is 10.4 Å². The Labute approximate surface area is 225 Å². The van der Waals surface area contributed by atoms with Crippen LogP contribution in [-0.2, 0) is 20.0 Å². The van der Waals surface area contributed by atoms with E-state index in [9.17, 15) is 26.7 Å². The summed E-state index contributed by atoms with van der Waals surface area (Å²) in [4.78, 5) is 17.8. The van der Waals surface area contributed by atoms with Gasteiger partial charge in [-0.3, -0.25) is 0 Å². The second kappa shape index (κ2) is 10.1. The van der Waals surface area contributed by atoms with Crippen molar-refractivity contribution in [3.05, 3.63) is 66.5 Å². The molecule has 1 amide bonds. The van der Waals surface area contributed by atoms with E-state index < -0.39 is 31.7 Å². The van der Waals surface area contributed by atoms with Gasteiger partial charge in [-0.1, -0.05) is 18.2 Å². The SMILES string of the molecule is Cc1cc2c(-c3ccc(S(=O)(=O)NCCN(C(=O)O)C(C)(C)C)s3)ccnc2n1S(=O)(=O)c1ccccc1. The molecule has 0 fully saturated rings. The monoisotopic (exact) mass is 576 g/mol. The molecular formula is C25H28N4O6S3. The molecule has 38 heavy (non-hydrogen) atoms. The van der Waals surface area contributed by atoms with Crippen LogP contribution in [-0.4, -0.2) is 60.5 Å². The maximum absolute atomic E-state index is 13.4. The van der Waals surface area contributed by atoms with Gasteiger partial charge >= 0.3 is 6.09 Å². The van der Waals surface area contributed by atoms with E-state index in [1.807, 2.05) is 0 Å². The molecule has 0 aliphatic heterocycles. The van der Waals surface area contributed by atoms with Crippen molar-refractivity contribution in [2.24, 2.45) is 0 Å². The Kier molecular flexibility index (Phi) is 7.40. The molecule has 0 bridgehead atoms. The summed E-state index contributed by atoms with van der Waals surface area (Å²) in [5.41, 5.74) is 0.687. The number of carbonyl (C=O) groups is 1. The van der Waals surface area contributed by atoms with Crippen LogP contribution >= 0.6 is 11.3 Å². The molecule has 0 aliphatic rings. The van der Waals surface area contributed by atoms with Gasteiger partial charge in [-0.15, -0.1) is 11.3 Å². The number of nitrogens with zero attached hydrogens (tertiary/aromatic N) is 3. The number of rotatable bonds is 8. The topological polar surface area (TPSA) is 139 Å². The zero-order valence-electron chi connectivity index (χ0n) is 21.2. The Morgan fingerprint density at radius 1 is 1.08 bits per heavy atom. The number of benzene rings is 1. The van der Waals surface area contributed by atoms with Crippen LogP contribution in [0.5, 0.6) is 0 Å². The van der Waals surface area contributed by atoms with Gasteiger partial charge in [0.25, 0.3) is 10.0 Å². The quantitative estimate of drug-likeness (QED) is 0.318. The normalized spacial score (nSPS) is 12.6. The molecule has 10 nitrogen and oxygen atoms in total. The van der Waals surface area contributed by atoms with Crippen LogP contribution in [0.2, 0.25) is 0 Å². The van der Waals surface area contributed by atoms with Crippen molar-refractivity contribution >= 4 is 48.5 Å². The van der Waals surface area contributed by atoms with Gasteiger partial charge in [0.05, 0.1) is 4.90 Å². The largest absolute Gasteiger partial charge is 0.465 e. The number of fused-ring (bicyclic) bond motifs is 1. The molecule has 0 radical (unpaired) electrons. The molecule has 202 valence electrons. The fourth-order valence-electron chi connectivity index (χ4n) is 4.11. The first-order chi connectivity index (χ1) is 17.7. The molecule has 0 atom stereocenters. The summed E-state index contributed by atoms with van der Waals surface area (Å²) in [5, 5.41) is 9.99. The van der Waals surface area contributed by atoms with Crippen LogP contribution in [0, 0.1) is 6.92 Å². The Morgan fingerprint density at radius 2 is 1.76 bits per heavy atom. The maximum atomic E-state index is 13.4. The summed E-state index contributed by atoms with van der Waals surface area (Å²) < 4.78 is 56.3. The van der Waals surface area contributed by atoms with Crippen LogP contribution in [0.25, 0.3) is 21.5 Å². The van der Waals surface area contributed by atoms with Gasteiger partial charge in [0.2, 0.25) is 10.0 Å². The summed E-state index contributed by atoms with van der Waals surface area (Å²) in [6, 6.07) is 14.6. The number of pyridine rings is 1. The number of nitrogens with one attached hydrogen (secondary N) is 1. The molecule has 0 unspecified atom stereocenters. The van der Waals surface area contributed by atoms with Gasteiger partial charge in [0, 0.05) is 46.3 Å². The van der Waals surface area contributed by atoms with Gasteiger partial charge < -0.3 is 10.0 Å². The minimum absolute atomic E-state index is 0.00997. The Bertz CT molecular complexity index is 1700. The van der Waals surface area contributed by atoms with Crippen LogP contribution in [0.4, 0.5) is 4.79 Å². The van der Waals surface area contributed by atoms with E-state index in [1.54, 1.807) is 64.1 Å². The molecule has 4 aromatic rings. The van der Waals surface area contributed by atoms with E-state index in [4.69, 9.17) is 0 Å². The van der Waals surface area contributed by atoms with Crippen molar-refractivity contribution < 1.29 is 26.7 Å². The number of aromatic nitrogens is 2. The highest BCUT2D eigenvalue weighted by Crippen LogP contribution is 2.36. The van der Waals surface area contributed by atoms with E-state index in [2.05, 4.69) is 9.71 Å². The zero-order valence-corrected chi connectivity index (χ0v) is 23.7. The summed E-state index contributed by atoms with van der Waals surface area (Å²) in [7, 11) is -7.80. The Hall–Kier alpha value is -3.26. The molecule has 4 rings (SSSR count). The molecule has 2 N–H and O–H groups in total. The Balaban J connectivity index is 1.64. The molecule has 0 aliphatic carbocycles. The van der Waals surface area contributed by atoms with Gasteiger partial charge in [-0.2, -0.15) is 0 Å². The van der Waals surface area contributed by atoms with E-state index in [0.717, 1.165) is 11.3 Å². The number of sulfonamides is 1. The minimum Gasteiger partial charge on any atom is -0.465 e. The molecule has 3 heterocycles. The lowest BCUT2D eigenvalue weighted by atomic mass is 10.1.